The quantitative estimate of drug-likeness (QED) is 0.659. The van der Waals surface area contributed by atoms with Crippen LogP contribution in [0.4, 0.5) is 10.5 Å². The smallest absolute Gasteiger partial charge is 0.319 e. The number of urea groups is 1. The summed E-state index contributed by atoms with van der Waals surface area (Å²) >= 11 is 6.30. The second kappa shape index (κ2) is 11.3. The molecule has 0 radical (unpaired) electrons. The number of amides is 2. The van der Waals surface area contributed by atoms with Gasteiger partial charge in [-0.1, -0.05) is 60.5 Å². The number of nitrogens with zero attached hydrogens (tertiary/aromatic N) is 2. The van der Waals surface area contributed by atoms with Crippen LogP contribution in [0.1, 0.15) is 30.4 Å². The lowest BCUT2D eigenvalue weighted by molar-refractivity contribution is 0.178. The van der Waals surface area contributed by atoms with Crippen molar-refractivity contribution < 1.29 is 4.79 Å². The molecule has 0 bridgehead atoms. The first-order valence-corrected chi connectivity index (χ1v) is 10.1. The van der Waals surface area contributed by atoms with Crippen molar-refractivity contribution in [1.82, 2.24) is 9.80 Å². The van der Waals surface area contributed by atoms with Gasteiger partial charge in [0, 0.05) is 19.6 Å². The molecule has 152 valence electrons. The zero-order valence-electron chi connectivity index (χ0n) is 16.4. The van der Waals surface area contributed by atoms with Gasteiger partial charge in [-0.2, -0.15) is 0 Å². The zero-order chi connectivity index (χ0) is 19.1. The summed E-state index contributed by atoms with van der Waals surface area (Å²) in [4.78, 5) is 17.4. The van der Waals surface area contributed by atoms with Gasteiger partial charge in [-0.3, -0.25) is 0 Å². The van der Waals surface area contributed by atoms with Gasteiger partial charge in [0.25, 0.3) is 0 Å². The molecule has 0 aromatic heterocycles. The Morgan fingerprint density at radius 1 is 1.07 bits per heavy atom. The third-order valence-corrected chi connectivity index (χ3v) is 5.41. The van der Waals surface area contributed by atoms with E-state index in [1.807, 2.05) is 42.2 Å². The number of likely N-dealkylation sites (tertiary alicyclic amines) is 1. The Hall–Kier alpha value is -1.75. The van der Waals surface area contributed by atoms with Gasteiger partial charge in [0.2, 0.25) is 0 Å². The van der Waals surface area contributed by atoms with E-state index in [2.05, 4.69) is 22.3 Å². The van der Waals surface area contributed by atoms with Crippen molar-refractivity contribution in [3.8, 4) is 0 Å². The van der Waals surface area contributed by atoms with Crippen LogP contribution in [0.2, 0.25) is 5.02 Å². The van der Waals surface area contributed by atoms with Crippen molar-refractivity contribution in [3.05, 3.63) is 64.7 Å². The van der Waals surface area contributed by atoms with Crippen molar-refractivity contribution in [3.63, 3.8) is 0 Å². The van der Waals surface area contributed by atoms with Crippen LogP contribution in [0.3, 0.4) is 0 Å². The molecule has 1 heterocycles. The van der Waals surface area contributed by atoms with Crippen molar-refractivity contribution >= 4 is 35.7 Å². The zero-order valence-corrected chi connectivity index (χ0v) is 17.9. The first-order chi connectivity index (χ1) is 13.1. The number of piperidine rings is 1. The molecule has 0 spiro atoms. The molecule has 1 fully saturated rings. The van der Waals surface area contributed by atoms with E-state index in [0.29, 0.717) is 23.8 Å². The molecule has 1 aliphatic rings. The molecule has 1 aliphatic heterocycles. The Labute approximate surface area is 179 Å². The summed E-state index contributed by atoms with van der Waals surface area (Å²) in [6, 6.07) is 15.7. The lowest BCUT2D eigenvalue weighted by atomic mass is 10.1. The molecule has 2 aromatic carbocycles. The van der Waals surface area contributed by atoms with E-state index in [1.54, 1.807) is 6.07 Å². The minimum Gasteiger partial charge on any atom is -0.319 e. The molecule has 2 amide bonds. The van der Waals surface area contributed by atoms with Gasteiger partial charge >= 0.3 is 6.03 Å². The summed E-state index contributed by atoms with van der Waals surface area (Å²) in [5.41, 5.74) is 2.79. The van der Waals surface area contributed by atoms with Crippen LogP contribution in [-0.4, -0.2) is 42.0 Å². The SMILES string of the molecule is Cc1cccc(Cl)c1NC(=O)N(CCN1CCCCC1)Cc1ccccc1.Cl. The van der Waals surface area contributed by atoms with Crippen molar-refractivity contribution in [2.24, 2.45) is 0 Å². The highest BCUT2D eigenvalue weighted by Gasteiger charge is 2.18. The number of benzene rings is 2. The Morgan fingerprint density at radius 2 is 1.79 bits per heavy atom. The van der Waals surface area contributed by atoms with Crippen molar-refractivity contribution in [2.75, 3.05) is 31.5 Å². The van der Waals surface area contributed by atoms with Gasteiger partial charge < -0.3 is 15.1 Å². The van der Waals surface area contributed by atoms with Crippen LogP contribution >= 0.6 is 24.0 Å². The van der Waals surface area contributed by atoms with Gasteiger partial charge in [0.05, 0.1) is 10.7 Å². The van der Waals surface area contributed by atoms with E-state index in [0.717, 1.165) is 30.8 Å². The predicted molar refractivity (Wildman–Crippen MR) is 120 cm³/mol. The Balaban J connectivity index is 0.00000280. The molecular formula is C22H29Cl2N3O. The van der Waals surface area contributed by atoms with Gasteiger partial charge in [-0.15, -0.1) is 12.4 Å². The molecule has 0 saturated carbocycles. The molecule has 4 nitrogen and oxygen atoms in total. The van der Waals surface area contributed by atoms with Crippen LogP contribution in [0.15, 0.2) is 48.5 Å². The lowest BCUT2D eigenvalue weighted by Gasteiger charge is -2.30. The highest BCUT2D eigenvalue weighted by atomic mass is 35.5. The van der Waals surface area contributed by atoms with E-state index in [-0.39, 0.29) is 18.4 Å². The number of carbonyl (C=O) groups excluding carboxylic acids is 1. The van der Waals surface area contributed by atoms with Gasteiger partial charge in [-0.05, 0) is 50.0 Å². The number of hydrogen-bond donors (Lipinski definition) is 1. The maximum absolute atomic E-state index is 13.0. The van der Waals surface area contributed by atoms with E-state index in [1.165, 1.54) is 19.3 Å². The molecule has 0 aliphatic carbocycles. The van der Waals surface area contributed by atoms with Crippen molar-refractivity contribution in [2.45, 2.75) is 32.7 Å². The van der Waals surface area contributed by atoms with E-state index >= 15 is 0 Å². The molecule has 1 saturated heterocycles. The molecule has 0 atom stereocenters. The number of halogens is 2. The third kappa shape index (κ3) is 6.40. The fraction of sp³-hybridized carbons (Fsp3) is 0.409. The average molecular weight is 422 g/mol. The predicted octanol–water partition coefficient (Wildman–Crippen LogP) is 5.59. The Bertz CT molecular complexity index is 728. The minimum absolute atomic E-state index is 0. The summed E-state index contributed by atoms with van der Waals surface area (Å²) < 4.78 is 0. The monoisotopic (exact) mass is 421 g/mol. The summed E-state index contributed by atoms with van der Waals surface area (Å²) in [5, 5.41) is 3.59. The molecule has 3 rings (SSSR count). The number of para-hydroxylation sites is 1. The number of anilines is 1. The molecule has 2 aromatic rings. The van der Waals surface area contributed by atoms with Crippen LogP contribution in [0.25, 0.3) is 0 Å². The number of hydrogen-bond acceptors (Lipinski definition) is 2. The standard InChI is InChI=1S/C22H28ClN3O.ClH/c1-18-9-8-12-20(23)21(18)24-22(27)26(17-19-10-4-2-5-11-19)16-15-25-13-6-3-7-14-25;/h2,4-5,8-12H,3,6-7,13-17H2,1H3,(H,24,27);1H. The van der Waals surface area contributed by atoms with Gasteiger partial charge in [0.15, 0.2) is 0 Å². The maximum atomic E-state index is 13.0. The number of aryl methyl sites for hydroxylation is 1. The fourth-order valence-electron chi connectivity index (χ4n) is 3.48. The van der Waals surface area contributed by atoms with Crippen molar-refractivity contribution in [1.29, 1.82) is 0 Å². The topological polar surface area (TPSA) is 35.6 Å². The van der Waals surface area contributed by atoms with Gasteiger partial charge in [0.1, 0.15) is 0 Å². The number of carbonyl (C=O) groups is 1. The highest BCUT2D eigenvalue weighted by Crippen LogP contribution is 2.25. The largest absolute Gasteiger partial charge is 0.322 e. The lowest BCUT2D eigenvalue weighted by Crippen LogP contribution is -2.42. The first-order valence-electron chi connectivity index (χ1n) is 9.71. The van der Waals surface area contributed by atoms with E-state index in [4.69, 9.17) is 11.6 Å². The molecule has 28 heavy (non-hydrogen) atoms. The molecule has 1 N–H and O–H groups in total. The van der Waals surface area contributed by atoms with Crippen LogP contribution in [0, 0.1) is 6.92 Å². The second-order valence-electron chi connectivity index (χ2n) is 7.17. The minimum atomic E-state index is -0.105. The Kier molecular flexibility index (Phi) is 9.10. The van der Waals surface area contributed by atoms with E-state index in [9.17, 15) is 4.79 Å². The number of rotatable bonds is 6. The summed E-state index contributed by atoms with van der Waals surface area (Å²) in [6.45, 7) is 6.40. The summed E-state index contributed by atoms with van der Waals surface area (Å²) in [5.74, 6) is 0. The maximum Gasteiger partial charge on any atom is 0.322 e. The Morgan fingerprint density at radius 3 is 2.46 bits per heavy atom. The third-order valence-electron chi connectivity index (χ3n) is 5.09. The second-order valence-corrected chi connectivity index (χ2v) is 7.58. The van der Waals surface area contributed by atoms with Gasteiger partial charge in [-0.25, -0.2) is 4.79 Å². The normalized spacial score (nSPS) is 14.2. The molecule has 0 unspecified atom stereocenters. The average Bonchev–Trinajstić information content (AvgIpc) is 2.69. The van der Waals surface area contributed by atoms with Crippen LogP contribution < -0.4 is 5.32 Å². The van der Waals surface area contributed by atoms with E-state index < -0.39 is 0 Å². The molecule has 6 heteroatoms. The summed E-state index contributed by atoms with van der Waals surface area (Å²) in [7, 11) is 0. The highest BCUT2D eigenvalue weighted by molar-refractivity contribution is 6.33. The fourth-order valence-corrected chi connectivity index (χ4v) is 3.75. The van der Waals surface area contributed by atoms with Crippen LogP contribution in [0.5, 0.6) is 0 Å². The van der Waals surface area contributed by atoms with Crippen LogP contribution in [-0.2, 0) is 6.54 Å². The molecular weight excluding hydrogens is 393 g/mol. The number of nitrogens with one attached hydrogen (secondary N) is 1. The first kappa shape index (κ1) is 22.5. The summed E-state index contributed by atoms with van der Waals surface area (Å²) in [6.07, 6.45) is 3.82.